The van der Waals surface area contributed by atoms with Gasteiger partial charge in [0.05, 0.1) is 25.9 Å². The molecule has 0 saturated carbocycles. The van der Waals surface area contributed by atoms with E-state index in [2.05, 4.69) is 22.5 Å². The van der Waals surface area contributed by atoms with Gasteiger partial charge in [0, 0.05) is 33.3 Å². The van der Waals surface area contributed by atoms with E-state index in [-0.39, 0.29) is 12.0 Å². The highest BCUT2D eigenvalue weighted by molar-refractivity contribution is 5.77. The molecule has 0 aliphatic carbocycles. The predicted octanol–water partition coefficient (Wildman–Crippen LogP) is -0.941. The van der Waals surface area contributed by atoms with E-state index in [1.54, 1.807) is 7.11 Å². The van der Waals surface area contributed by atoms with Crippen LogP contribution in [0.1, 0.15) is 6.92 Å². The van der Waals surface area contributed by atoms with Crippen molar-refractivity contribution in [2.45, 2.75) is 13.0 Å². The Hall–Kier alpha value is -0.690. The number of nitrogens with zero attached hydrogens (tertiary/aromatic N) is 1. The zero-order valence-corrected chi connectivity index (χ0v) is 11.4. The molecule has 1 heterocycles. The van der Waals surface area contributed by atoms with Gasteiger partial charge in [-0.05, 0) is 6.54 Å². The lowest BCUT2D eigenvalue weighted by Gasteiger charge is -2.32. The summed E-state index contributed by atoms with van der Waals surface area (Å²) in [6, 6.07) is 0. The number of carbonyl (C=O) groups is 1. The summed E-state index contributed by atoms with van der Waals surface area (Å²) in [4.78, 5) is 13.8. The van der Waals surface area contributed by atoms with E-state index in [1.165, 1.54) is 0 Å². The standard InChI is InChI=1S/C12H25N3O3/c1-3-15-5-7-18-11(10-15)8-14-12(16)9-13-4-6-17-2/h11,13H,3-10H2,1-2H3,(H,14,16). The maximum atomic E-state index is 11.5. The van der Waals surface area contributed by atoms with Gasteiger partial charge in [-0.25, -0.2) is 0 Å². The van der Waals surface area contributed by atoms with Crippen LogP contribution in [0.5, 0.6) is 0 Å². The van der Waals surface area contributed by atoms with E-state index in [1.807, 2.05) is 0 Å². The van der Waals surface area contributed by atoms with Gasteiger partial charge in [-0.2, -0.15) is 0 Å². The minimum atomic E-state index is 0.00308. The molecule has 1 saturated heterocycles. The third kappa shape index (κ3) is 6.30. The third-order valence-corrected chi connectivity index (χ3v) is 2.97. The van der Waals surface area contributed by atoms with Crippen LogP contribution < -0.4 is 10.6 Å². The van der Waals surface area contributed by atoms with Gasteiger partial charge < -0.3 is 20.1 Å². The molecule has 106 valence electrons. The lowest BCUT2D eigenvalue weighted by atomic mass is 10.2. The number of hydrogen-bond acceptors (Lipinski definition) is 5. The number of carbonyl (C=O) groups excluding carboxylic acids is 1. The highest BCUT2D eigenvalue weighted by Gasteiger charge is 2.19. The van der Waals surface area contributed by atoms with E-state index in [0.717, 1.165) is 26.2 Å². The largest absolute Gasteiger partial charge is 0.383 e. The summed E-state index contributed by atoms with van der Waals surface area (Å²) in [5, 5.41) is 5.89. The van der Waals surface area contributed by atoms with Crippen LogP contribution in [-0.4, -0.2) is 76.5 Å². The minimum Gasteiger partial charge on any atom is -0.383 e. The molecular formula is C12H25N3O3. The lowest BCUT2D eigenvalue weighted by molar-refractivity contribution is -0.121. The molecule has 1 atom stereocenters. The Morgan fingerprint density at radius 1 is 1.56 bits per heavy atom. The molecule has 0 aromatic heterocycles. The Kier molecular flexibility index (Phi) is 7.91. The molecule has 1 aliphatic heterocycles. The van der Waals surface area contributed by atoms with Crippen molar-refractivity contribution in [3.63, 3.8) is 0 Å². The van der Waals surface area contributed by atoms with Gasteiger partial charge in [0.15, 0.2) is 0 Å². The van der Waals surface area contributed by atoms with Crippen molar-refractivity contribution in [1.29, 1.82) is 0 Å². The lowest BCUT2D eigenvalue weighted by Crippen LogP contribution is -2.48. The first kappa shape index (κ1) is 15.4. The number of hydrogen-bond donors (Lipinski definition) is 2. The molecule has 1 aliphatic rings. The number of methoxy groups -OCH3 is 1. The van der Waals surface area contributed by atoms with Gasteiger partial charge in [-0.3, -0.25) is 9.69 Å². The maximum absolute atomic E-state index is 11.5. The van der Waals surface area contributed by atoms with Gasteiger partial charge in [0.2, 0.25) is 5.91 Å². The Morgan fingerprint density at radius 3 is 3.11 bits per heavy atom. The van der Waals surface area contributed by atoms with Gasteiger partial charge in [0.25, 0.3) is 0 Å². The molecule has 0 spiro atoms. The highest BCUT2D eigenvalue weighted by atomic mass is 16.5. The van der Waals surface area contributed by atoms with Crippen molar-refractivity contribution < 1.29 is 14.3 Å². The Balaban J connectivity index is 2.06. The maximum Gasteiger partial charge on any atom is 0.234 e. The van der Waals surface area contributed by atoms with Crippen LogP contribution in [-0.2, 0) is 14.3 Å². The van der Waals surface area contributed by atoms with Crippen molar-refractivity contribution in [3.8, 4) is 0 Å². The van der Waals surface area contributed by atoms with E-state index < -0.39 is 0 Å². The van der Waals surface area contributed by atoms with Crippen molar-refractivity contribution in [2.75, 3.05) is 59.6 Å². The minimum absolute atomic E-state index is 0.00308. The summed E-state index contributed by atoms with van der Waals surface area (Å²) >= 11 is 0. The number of nitrogens with one attached hydrogen (secondary N) is 2. The topological polar surface area (TPSA) is 62.8 Å². The molecule has 2 N–H and O–H groups in total. The fourth-order valence-corrected chi connectivity index (χ4v) is 1.86. The smallest absolute Gasteiger partial charge is 0.234 e. The summed E-state index contributed by atoms with van der Waals surface area (Å²) in [6.07, 6.45) is 0.113. The van der Waals surface area contributed by atoms with Gasteiger partial charge >= 0.3 is 0 Å². The molecule has 18 heavy (non-hydrogen) atoms. The molecule has 6 nitrogen and oxygen atoms in total. The van der Waals surface area contributed by atoms with E-state index >= 15 is 0 Å². The molecule has 1 amide bonds. The summed E-state index contributed by atoms with van der Waals surface area (Å²) in [7, 11) is 1.64. The second kappa shape index (κ2) is 9.27. The molecule has 0 aromatic carbocycles. The fraction of sp³-hybridized carbons (Fsp3) is 0.917. The average Bonchev–Trinajstić information content (AvgIpc) is 2.41. The van der Waals surface area contributed by atoms with Gasteiger partial charge in [-0.15, -0.1) is 0 Å². The van der Waals surface area contributed by atoms with Crippen LogP contribution in [0.4, 0.5) is 0 Å². The molecule has 0 aromatic rings. The monoisotopic (exact) mass is 259 g/mol. The van der Waals surface area contributed by atoms with Crippen LogP contribution in [0.15, 0.2) is 0 Å². The van der Waals surface area contributed by atoms with Crippen LogP contribution in [0.25, 0.3) is 0 Å². The number of rotatable bonds is 8. The normalized spacial score (nSPS) is 20.9. The Bertz CT molecular complexity index is 239. The third-order valence-electron chi connectivity index (χ3n) is 2.97. The molecule has 0 bridgehead atoms. The molecule has 1 rings (SSSR count). The molecule has 1 fully saturated rings. The summed E-state index contributed by atoms with van der Waals surface area (Å²) < 4.78 is 10.5. The first-order valence-electron chi connectivity index (χ1n) is 6.56. The summed E-state index contributed by atoms with van der Waals surface area (Å²) in [5.74, 6) is 0.00308. The number of morpholine rings is 1. The number of ether oxygens (including phenoxy) is 2. The summed E-state index contributed by atoms with van der Waals surface area (Å²) in [5.41, 5.74) is 0. The van der Waals surface area contributed by atoms with Crippen molar-refractivity contribution in [1.82, 2.24) is 15.5 Å². The van der Waals surface area contributed by atoms with E-state index in [0.29, 0.717) is 26.2 Å². The quantitative estimate of drug-likeness (QED) is 0.551. The Labute approximate surface area is 109 Å². The molecular weight excluding hydrogens is 234 g/mol. The molecule has 0 radical (unpaired) electrons. The van der Waals surface area contributed by atoms with Crippen LogP contribution in [0, 0.1) is 0 Å². The predicted molar refractivity (Wildman–Crippen MR) is 69.6 cm³/mol. The van der Waals surface area contributed by atoms with Crippen molar-refractivity contribution in [3.05, 3.63) is 0 Å². The van der Waals surface area contributed by atoms with E-state index in [4.69, 9.17) is 9.47 Å². The molecule has 6 heteroatoms. The second-order valence-corrected chi connectivity index (χ2v) is 4.36. The fourth-order valence-electron chi connectivity index (χ4n) is 1.86. The SMILES string of the molecule is CCN1CCOC(CNC(=O)CNCCOC)C1. The van der Waals surface area contributed by atoms with Crippen molar-refractivity contribution in [2.24, 2.45) is 0 Å². The molecule has 1 unspecified atom stereocenters. The van der Waals surface area contributed by atoms with Crippen LogP contribution in [0.2, 0.25) is 0 Å². The van der Waals surface area contributed by atoms with Crippen LogP contribution >= 0.6 is 0 Å². The Morgan fingerprint density at radius 2 is 2.39 bits per heavy atom. The van der Waals surface area contributed by atoms with Gasteiger partial charge in [-0.1, -0.05) is 6.92 Å². The first-order valence-corrected chi connectivity index (χ1v) is 6.56. The summed E-state index contributed by atoms with van der Waals surface area (Å²) in [6.45, 7) is 8.02. The zero-order valence-electron chi connectivity index (χ0n) is 11.4. The van der Waals surface area contributed by atoms with Crippen LogP contribution in [0.3, 0.4) is 0 Å². The van der Waals surface area contributed by atoms with Gasteiger partial charge in [0.1, 0.15) is 0 Å². The average molecular weight is 259 g/mol. The van der Waals surface area contributed by atoms with E-state index in [9.17, 15) is 4.79 Å². The number of likely N-dealkylation sites (N-methyl/N-ethyl adjacent to an activating group) is 1. The number of amides is 1. The second-order valence-electron chi connectivity index (χ2n) is 4.36. The van der Waals surface area contributed by atoms with Crippen molar-refractivity contribution >= 4 is 5.91 Å². The highest BCUT2D eigenvalue weighted by Crippen LogP contribution is 2.03. The zero-order chi connectivity index (χ0) is 13.2. The first-order chi connectivity index (χ1) is 8.76.